The van der Waals surface area contributed by atoms with Crippen LogP contribution in [0.2, 0.25) is 0 Å². The maximum Gasteiger partial charge on any atom is 0.352 e. The first-order valence-electron chi connectivity index (χ1n) is 5.07. The standard InChI is InChI=1S/C9H7N3O8/c1-2-20-9(13)8-6(11(16)17)3-5(10(14)15)4-7(8)12(18)19/h3-4H,2H2,1H3. The summed E-state index contributed by atoms with van der Waals surface area (Å²) in [6, 6.07) is 0.943. The van der Waals surface area contributed by atoms with Crippen molar-refractivity contribution in [1.29, 1.82) is 0 Å². The van der Waals surface area contributed by atoms with Crippen molar-refractivity contribution < 1.29 is 24.3 Å². The normalized spacial score (nSPS) is 9.85. The van der Waals surface area contributed by atoms with Crippen LogP contribution in [0.25, 0.3) is 0 Å². The average molecular weight is 285 g/mol. The molecule has 0 unspecified atom stereocenters. The Morgan fingerprint density at radius 2 is 1.50 bits per heavy atom. The molecular formula is C9H7N3O8. The minimum atomic E-state index is -1.29. The first-order chi connectivity index (χ1) is 9.29. The Labute approximate surface area is 110 Å². The van der Waals surface area contributed by atoms with Crippen LogP contribution >= 0.6 is 0 Å². The monoisotopic (exact) mass is 285 g/mol. The summed E-state index contributed by atoms with van der Waals surface area (Å²) in [7, 11) is 0. The molecule has 11 nitrogen and oxygen atoms in total. The van der Waals surface area contributed by atoms with Gasteiger partial charge >= 0.3 is 5.97 Å². The average Bonchev–Trinajstić information content (AvgIpc) is 2.36. The molecule has 0 atom stereocenters. The van der Waals surface area contributed by atoms with Gasteiger partial charge < -0.3 is 4.74 Å². The van der Waals surface area contributed by atoms with Crippen molar-refractivity contribution in [2.75, 3.05) is 6.61 Å². The number of esters is 1. The summed E-state index contributed by atoms with van der Waals surface area (Å²) < 4.78 is 4.49. The molecule has 20 heavy (non-hydrogen) atoms. The van der Waals surface area contributed by atoms with Gasteiger partial charge in [-0.05, 0) is 6.92 Å². The van der Waals surface area contributed by atoms with E-state index in [2.05, 4.69) is 4.74 Å². The number of benzene rings is 1. The van der Waals surface area contributed by atoms with E-state index < -0.39 is 43.4 Å². The molecule has 1 aromatic rings. The van der Waals surface area contributed by atoms with Crippen LogP contribution < -0.4 is 0 Å². The number of non-ortho nitro benzene ring substituents is 1. The number of carbonyl (C=O) groups is 1. The van der Waals surface area contributed by atoms with Crippen molar-refractivity contribution in [3.05, 3.63) is 48.0 Å². The molecule has 0 amide bonds. The van der Waals surface area contributed by atoms with Gasteiger partial charge in [0.1, 0.15) is 0 Å². The van der Waals surface area contributed by atoms with Gasteiger partial charge in [0, 0.05) is 0 Å². The fourth-order valence-corrected chi connectivity index (χ4v) is 1.40. The molecule has 11 heteroatoms. The van der Waals surface area contributed by atoms with Gasteiger partial charge in [-0.15, -0.1) is 0 Å². The molecule has 0 radical (unpaired) electrons. The Hall–Kier alpha value is -3.11. The van der Waals surface area contributed by atoms with E-state index in [4.69, 9.17) is 0 Å². The SMILES string of the molecule is CCOC(=O)c1c([N+](=O)[O-])cc([N+](=O)[O-])cc1[N+](=O)[O-]. The number of hydrogen-bond donors (Lipinski definition) is 0. The summed E-state index contributed by atoms with van der Waals surface area (Å²) in [6.45, 7) is 1.24. The highest BCUT2D eigenvalue weighted by Gasteiger charge is 2.35. The minimum Gasteiger partial charge on any atom is -0.462 e. The zero-order valence-corrected chi connectivity index (χ0v) is 9.97. The molecule has 0 bridgehead atoms. The number of nitro groups is 3. The number of nitrogens with zero attached hydrogens (tertiary/aromatic N) is 3. The van der Waals surface area contributed by atoms with Gasteiger partial charge in [-0.25, -0.2) is 4.79 Å². The number of rotatable bonds is 5. The Bertz CT molecular complexity index is 576. The van der Waals surface area contributed by atoms with E-state index in [1.165, 1.54) is 6.92 Å². The van der Waals surface area contributed by atoms with Gasteiger partial charge in [0.05, 0.1) is 33.5 Å². The van der Waals surface area contributed by atoms with Gasteiger partial charge in [0.15, 0.2) is 0 Å². The van der Waals surface area contributed by atoms with Crippen LogP contribution in [0.5, 0.6) is 0 Å². The molecule has 0 saturated carbocycles. The second-order valence-corrected chi connectivity index (χ2v) is 3.35. The summed E-state index contributed by atoms with van der Waals surface area (Å²) in [5.41, 5.74) is -3.89. The van der Waals surface area contributed by atoms with Crippen LogP contribution in [-0.2, 0) is 4.74 Å². The van der Waals surface area contributed by atoms with Crippen LogP contribution in [0.1, 0.15) is 17.3 Å². The molecule has 0 fully saturated rings. The fraction of sp³-hybridized carbons (Fsp3) is 0.222. The lowest BCUT2D eigenvalue weighted by Gasteiger charge is -2.04. The smallest absolute Gasteiger partial charge is 0.352 e. The molecule has 0 aliphatic rings. The molecule has 0 N–H and O–H groups in total. The van der Waals surface area contributed by atoms with Crippen molar-refractivity contribution >= 4 is 23.0 Å². The van der Waals surface area contributed by atoms with E-state index in [0.29, 0.717) is 12.1 Å². The Morgan fingerprint density at radius 1 is 1.05 bits per heavy atom. The maximum atomic E-state index is 11.6. The molecular weight excluding hydrogens is 278 g/mol. The molecule has 0 aromatic heterocycles. The Kier molecular flexibility index (Phi) is 4.25. The highest BCUT2D eigenvalue weighted by atomic mass is 16.6. The number of carbonyl (C=O) groups excluding carboxylic acids is 1. The molecule has 0 heterocycles. The van der Waals surface area contributed by atoms with Gasteiger partial charge in [0.25, 0.3) is 17.1 Å². The largest absolute Gasteiger partial charge is 0.462 e. The Balaban J connectivity index is 3.68. The summed E-state index contributed by atoms with van der Waals surface area (Å²) in [6.07, 6.45) is 0. The molecule has 1 rings (SSSR count). The van der Waals surface area contributed by atoms with Crippen molar-refractivity contribution in [3.63, 3.8) is 0 Å². The highest BCUT2D eigenvalue weighted by Crippen LogP contribution is 2.34. The lowest BCUT2D eigenvalue weighted by molar-refractivity contribution is -0.403. The highest BCUT2D eigenvalue weighted by molar-refractivity contribution is 5.99. The van der Waals surface area contributed by atoms with Crippen LogP contribution in [0, 0.1) is 30.3 Å². The van der Waals surface area contributed by atoms with Gasteiger partial charge in [0.2, 0.25) is 5.56 Å². The summed E-state index contributed by atoms with van der Waals surface area (Å²) in [5.74, 6) is -1.29. The first kappa shape index (κ1) is 14.9. The second kappa shape index (κ2) is 5.69. The third kappa shape index (κ3) is 2.82. The predicted octanol–water partition coefficient (Wildman–Crippen LogP) is 1.59. The molecule has 0 spiro atoms. The van der Waals surface area contributed by atoms with Crippen LogP contribution in [0.3, 0.4) is 0 Å². The summed E-state index contributed by atoms with van der Waals surface area (Å²) >= 11 is 0. The molecule has 106 valence electrons. The lowest BCUT2D eigenvalue weighted by Crippen LogP contribution is -2.11. The van der Waals surface area contributed by atoms with Crippen LogP contribution in [0.15, 0.2) is 12.1 Å². The van der Waals surface area contributed by atoms with Crippen LogP contribution in [-0.4, -0.2) is 27.3 Å². The summed E-state index contributed by atoms with van der Waals surface area (Å²) in [5, 5.41) is 32.3. The minimum absolute atomic E-state index is 0.163. The van der Waals surface area contributed by atoms with E-state index in [-0.39, 0.29) is 6.61 Å². The quantitative estimate of drug-likeness (QED) is 0.448. The van der Waals surface area contributed by atoms with Gasteiger partial charge in [-0.3, -0.25) is 30.3 Å². The summed E-state index contributed by atoms with van der Waals surface area (Å²) in [4.78, 5) is 40.6. The topological polar surface area (TPSA) is 156 Å². The van der Waals surface area contributed by atoms with E-state index in [9.17, 15) is 35.1 Å². The third-order valence-corrected chi connectivity index (χ3v) is 2.17. The van der Waals surface area contributed by atoms with Crippen molar-refractivity contribution in [2.45, 2.75) is 6.92 Å². The van der Waals surface area contributed by atoms with Gasteiger partial charge in [-0.2, -0.15) is 0 Å². The second-order valence-electron chi connectivity index (χ2n) is 3.35. The molecule has 1 aromatic carbocycles. The number of hydrogen-bond acceptors (Lipinski definition) is 8. The number of nitro benzene ring substituents is 3. The lowest BCUT2D eigenvalue weighted by atomic mass is 10.1. The third-order valence-electron chi connectivity index (χ3n) is 2.17. The van der Waals surface area contributed by atoms with Crippen molar-refractivity contribution in [1.82, 2.24) is 0 Å². The zero-order valence-electron chi connectivity index (χ0n) is 9.97. The van der Waals surface area contributed by atoms with Crippen molar-refractivity contribution in [2.24, 2.45) is 0 Å². The Morgan fingerprint density at radius 3 is 1.80 bits per heavy atom. The van der Waals surface area contributed by atoms with E-state index in [0.717, 1.165) is 0 Å². The predicted molar refractivity (Wildman–Crippen MR) is 62.4 cm³/mol. The molecule has 0 saturated heterocycles. The zero-order chi connectivity index (χ0) is 15.4. The number of ether oxygens (including phenoxy) is 1. The maximum absolute atomic E-state index is 11.6. The van der Waals surface area contributed by atoms with E-state index in [1.54, 1.807) is 0 Å². The molecule has 0 aliphatic heterocycles. The first-order valence-corrected chi connectivity index (χ1v) is 5.07. The van der Waals surface area contributed by atoms with E-state index >= 15 is 0 Å². The van der Waals surface area contributed by atoms with Gasteiger partial charge in [-0.1, -0.05) is 0 Å². The van der Waals surface area contributed by atoms with E-state index in [1.807, 2.05) is 0 Å². The molecule has 0 aliphatic carbocycles. The van der Waals surface area contributed by atoms with Crippen LogP contribution in [0.4, 0.5) is 17.1 Å². The van der Waals surface area contributed by atoms with Crippen molar-refractivity contribution in [3.8, 4) is 0 Å². The fourth-order valence-electron chi connectivity index (χ4n) is 1.40.